The predicted octanol–water partition coefficient (Wildman–Crippen LogP) is 1.08. The Labute approximate surface area is 141 Å². The largest absolute Gasteiger partial charge is 0.460 e. The van der Waals surface area contributed by atoms with Gasteiger partial charge in [-0.2, -0.15) is 8.42 Å². The fraction of sp³-hybridized carbons (Fsp3) is 0.562. The lowest BCUT2D eigenvalue weighted by Gasteiger charge is -2.30. The van der Waals surface area contributed by atoms with Crippen LogP contribution in [0.25, 0.3) is 0 Å². The minimum Gasteiger partial charge on any atom is -0.460 e. The maximum atomic E-state index is 11.7. The van der Waals surface area contributed by atoms with Gasteiger partial charge in [0.2, 0.25) is 0 Å². The van der Waals surface area contributed by atoms with E-state index in [1.165, 1.54) is 0 Å². The number of aliphatic hydroxyl groups excluding tert-OH is 1. The minimum absolute atomic E-state index is 0.0686. The van der Waals surface area contributed by atoms with Gasteiger partial charge in [0, 0.05) is 12.0 Å². The smallest absolute Gasteiger partial charge is 0.320 e. The first-order chi connectivity index (χ1) is 11.4. The van der Waals surface area contributed by atoms with Crippen LogP contribution in [0.5, 0.6) is 0 Å². The van der Waals surface area contributed by atoms with Crippen LogP contribution in [-0.2, 0) is 26.3 Å². The number of hydrogen-bond acceptors (Lipinski definition) is 6. The monoisotopic (exact) mass is 357 g/mol. The number of benzene rings is 1. The van der Waals surface area contributed by atoms with Gasteiger partial charge in [-0.05, 0) is 31.2 Å². The second kappa shape index (κ2) is 8.57. The third-order valence-corrected chi connectivity index (χ3v) is 5.25. The van der Waals surface area contributed by atoms with Crippen LogP contribution in [0, 0.1) is 5.92 Å². The molecule has 0 aromatic heterocycles. The number of ether oxygens (including phenoxy) is 1. The first-order valence-electron chi connectivity index (χ1n) is 7.93. The van der Waals surface area contributed by atoms with E-state index in [9.17, 15) is 18.3 Å². The average Bonchev–Trinajstić information content (AvgIpc) is 2.58. The predicted molar refractivity (Wildman–Crippen MR) is 87.5 cm³/mol. The Bertz CT molecular complexity index is 625. The Morgan fingerprint density at radius 3 is 2.42 bits per heavy atom. The van der Waals surface area contributed by atoms with Crippen molar-refractivity contribution in [3.63, 3.8) is 0 Å². The van der Waals surface area contributed by atoms with Gasteiger partial charge in [0.15, 0.2) is 5.44 Å². The van der Waals surface area contributed by atoms with Crippen LogP contribution in [0.1, 0.15) is 31.2 Å². The number of esters is 1. The summed E-state index contributed by atoms with van der Waals surface area (Å²) in [7, 11) is -4.42. The fourth-order valence-electron chi connectivity index (χ4n) is 2.87. The molecule has 1 aliphatic carbocycles. The zero-order valence-corrected chi connectivity index (χ0v) is 14.1. The van der Waals surface area contributed by atoms with Gasteiger partial charge in [-0.1, -0.05) is 30.3 Å². The van der Waals surface area contributed by atoms with Crippen LogP contribution >= 0.6 is 0 Å². The van der Waals surface area contributed by atoms with Crippen LogP contribution in [0.4, 0.5) is 0 Å². The molecule has 24 heavy (non-hydrogen) atoms. The topological polar surface area (TPSA) is 113 Å². The molecule has 1 atom stereocenters. The highest BCUT2D eigenvalue weighted by Gasteiger charge is 2.33. The maximum Gasteiger partial charge on any atom is 0.320 e. The summed E-state index contributed by atoms with van der Waals surface area (Å²) in [5.41, 5.74) is -0.806. The summed E-state index contributed by atoms with van der Waals surface area (Å²) in [6.45, 7) is 0.317. The number of carbonyl (C=O) groups excluding carboxylic acids is 1. The van der Waals surface area contributed by atoms with Crippen LogP contribution in [-0.4, -0.2) is 42.1 Å². The lowest BCUT2D eigenvalue weighted by Crippen LogP contribution is -2.40. The molecule has 0 saturated heterocycles. The molecule has 1 unspecified atom stereocenters. The Balaban J connectivity index is 1.66. The number of nitrogens with one attached hydrogen (secondary N) is 1. The van der Waals surface area contributed by atoms with Crippen molar-refractivity contribution in [3.05, 3.63) is 35.9 Å². The summed E-state index contributed by atoms with van der Waals surface area (Å²) in [4.78, 5) is 11.7. The molecule has 0 radical (unpaired) electrons. The van der Waals surface area contributed by atoms with Gasteiger partial charge in [-0.3, -0.25) is 9.35 Å². The quantitative estimate of drug-likeness (QED) is 0.494. The lowest BCUT2D eigenvalue weighted by atomic mass is 9.86. The van der Waals surface area contributed by atoms with Crippen LogP contribution in [0.2, 0.25) is 0 Å². The van der Waals surface area contributed by atoms with Crippen molar-refractivity contribution >= 4 is 16.1 Å². The Hall–Kier alpha value is -1.48. The van der Waals surface area contributed by atoms with E-state index in [2.05, 4.69) is 5.32 Å². The first-order valence-corrected chi connectivity index (χ1v) is 9.44. The molecule has 2 rings (SSSR count). The maximum absolute atomic E-state index is 11.7. The SMILES string of the molecule is O=C(CNC1CCC(C(O)S(=O)(=O)O)CC1)OCc1ccccc1. The molecule has 8 heteroatoms. The second-order valence-electron chi connectivity index (χ2n) is 6.04. The summed E-state index contributed by atoms with van der Waals surface area (Å²) in [6.07, 6.45) is 2.20. The third-order valence-electron chi connectivity index (χ3n) is 4.26. The van der Waals surface area contributed by atoms with Crippen molar-refractivity contribution < 1.29 is 27.6 Å². The van der Waals surface area contributed by atoms with E-state index in [1.807, 2.05) is 30.3 Å². The summed E-state index contributed by atoms with van der Waals surface area (Å²) in [5.74, 6) is -0.818. The molecule has 1 saturated carbocycles. The zero-order chi connectivity index (χ0) is 17.6. The summed E-state index contributed by atoms with van der Waals surface area (Å²) in [5, 5.41) is 12.6. The first kappa shape index (κ1) is 18.9. The molecule has 0 aliphatic heterocycles. The van der Waals surface area contributed by atoms with Gasteiger partial charge in [0.1, 0.15) is 6.61 Å². The van der Waals surface area contributed by atoms with Gasteiger partial charge < -0.3 is 15.2 Å². The van der Waals surface area contributed by atoms with Crippen molar-refractivity contribution in [2.45, 2.75) is 43.8 Å². The molecule has 134 valence electrons. The van der Waals surface area contributed by atoms with E-state index < -0.39 is 21.5 Å². The Kier molecular flexibility index (Phi) is 6.73. The van der Waals surface area contributed by atoms with E-state index in [1.54, 1.807) is 0 Å². The van der Waals surface area contributed by atoms with Gasteiger partial charge in [-0.25, -0.2) is 0 Å². The number of rotatable bonds is 7. The minimum atomic E-state index is -4.42. The van der Waals surface area contributed by atoms with E-state index in [-0.39, 0.29) is 25.2 Å². The van der Waals surface area contributed by atoms with Crippen molar-refractivity contribution in [3.8, 4) is 0 Å². The average molecular weight is 357 g/mol. The molecule has 0 heterocycles. The van der Waals surface area contributed by atoms with Crippen molar-refractivity contribution in [2.75, 3.05) is 6.54 Å². The van der Waals surface area contributed by atoms with E-state index in [4.69, 9.17) is 9.29 Å². The van der Waals surface area contributed by atoms with Crippen molar-refractivity contribution in [1.29, 1.82) is 0 Å². The highest BCUT2D eigenvalue weighted by Crippen LogP contribution is 2.28. The number of hydrogen-bond donors (Lipinski definition) is 3. The van der Waals surface area contributed by atoms with E-state index >= 15 is 0 Å². The molecular formula is C16H23NO6S. The zero-order valence-electron chi connectivity index (χ0n) is 13.3. The molecule has 1 aromatic carbocycles. The van der Waals surface area contributed by atoms with Crippen LogP contribution < -0.4 is 5.32 Å². The van der Waals surface area contributed by atoms with E-state index in [0.29, 0.717) is 25.7 Å². The van der Waals surface area contributed by atoms with Crippen LogP contribution in [0.15, 0.2) is 30.3 Å². The molecule has 7 nitrogen and oxygen atoms in total. The number of aliphatic hydroxyl groups is 1. The third kappa shape index (κ3) is 5.86. The second-order valence-corrected chi connectivity index (χ2v) is 7.56. The fourth-order valence-corrected chi connectivity index (χ4v) is 3.63. The van der Waals surface area contributed by atoms with Gasteiger partial charge in [0.25, 0.3) is 10.1 Å². The molecule has 3 N–H and O–H groups in total. The molecule has 1 fully saturated rings. The summed E-state index contributed by atoms with van der Waals surface area (Å²) in [6, 6.07) is 9.47. The van der Waals surface area contributed by atoms with Gasteiger partial charge >= 0.3 is 5.97 Å². The van der Waals surface area contributed by atoms with Gasteiger partial charge in [-0.15, -0.1) is 0 Å². The molecule has 0 spiro atoms. The molecule has 1 aromatic rings. The summed E-state index contributed by atoms with van der Waals surface area (Å²) < 4.78 is 35.9. The molecule has 0 bridgehead atoms. The van der Waals surface area contributed by atoms with Crippen LogP contribution in [0.3, 0.4) is 0 Å². The summed E-state index contributed by atoms with van der Waals surface area (Å²) >= 11 is 0. The normalized spacial score (nSPS) is 22.8. The highest BCUT2D eigenvalue weighted by molar-refractivity contribution is 7.86. The Morgan fingerprint density at radius 2 is 1.83 bits per heavy atom. The standard InChI is InChI=1S/C16H23NO6S/c18-15(23-11-12-4-2-1-3-5-12)10-17-14-8-6-13(7-9-14)16(19)24(20,21)22/h1-5,13-14,16-17,19H,6-11H2,(H,20,21,22). The molecular weight excluding hydrogens is 334 g/mol. The Morgan fingerprint density at radius 1 is 1.21 bits per heavy atom. The van der Waals surface area contributed by atoms with Crippen molar-refractivity contribution in [1.82, 2.24) is 5.32 Å². The van der Waals surface area contributed by atoms with E-state index in [0.717, 1.165) is 5.56 Å². The molecule has 0 amide bonds. The van der Waals surface area contributed by atoms with Crippen molar-refractivity contribution in [2.24, 2.45) is 5.92 Å². The lowest BCUT2D eigenvalue weighted by molar-refractivity contribution is -0.144. The van der Waals surface area contributed by atoms with Gasteiger partial charge in [0.05, 0.1) is 6.54 Å². The highest BCUT2D eigenvalue weighted by atomic mass is 32.2. The number of carbonyl (C=O) groups is 1. The molecule has 1 aliphatic rings.